The van der Waals surface area contributed by atoms with Crippen LogP contribution in [-0.4, -0.2) is 20.3 Å². The van der Waals surface area contributed by atoms with E-state index in [9.17, 15) is 0 Å². The molecular weight excluding hydrogens is 144 g/mol. The summed E-state index contributed by atoms with van der Waals surface area (Å²) in [4.78, 5) is 0.463. The van der Waals surface area contributed by atoms with Crippen molar-refractivity contribution in [2.24, 2.45) is 0 Å². The average Bonchev–Trinajstić information content (AvgIpc) is 2.30. The van der Waals surface area contributed by atoms with Gasteiger partial charge in [-0.1, -0.05) is 17.0 Å². The SMILES string of the molecule is Oc1c2ccccc2nn1O. The predicted molar refractivity (Wildman–Crippen MR) is 38.6 cm³/mol. The number of benzene rings is 1. The van der Waals surface area contributed by atoms with Crippen molar-refractivity contribution in [2.45, 2.75) is 0 Å². The minimum absolute atomic E-state index is 0.222. The molecule has 0 spiro atoms. The topological polar surface area (TPSA) is 58.3 Å². The zero-order chi connectivity index (χ0) is 7.84. The third-order valence-electron chi connectivity index (χ3n) is 1.54. The van der Waals surface area contributed by atoms with Gasteiger partial charge in [-0.25, -0.2) is 0 Å². The molecule has 0 atom stereocenters. The molecule has 4 heteroatoms. The average molecular weight is 150 g/mol. The van der Waals surface area contributed by atoms with Gasteiger partial charge in [0.15, 0.2) is 0 Å². The predicted octanol–water partition coefficient (Wildman–Crippen LogP) is 0.979. The second-order valence-corrected chi connectivity index (χ2v) is 2.23. The maximum atomic E-state index is 9.15. The molecule has 2 rings (SSSR count). The minimum Gasteiger partial charge on any atom is -0.491 e. The molecule has 0 unspecified atom stereocenters. The summed E-state index contributed by atoms with van der Waals surface area (Å²) >= 11 is 0. The van der Waals surface area contributed by atoms with E-state index in [4.69, 9.17) is 10.3 Å². The number of aromatic nitrogens is 2. The van der Waals surface area contributed by atoms with E-state index in [1.165, 1.54) is 0 Å². The first kappa shape index (κ1) is 6.03. The number of hydrogen-bond acceptors (Lipinski definition) is 3. The van der Waals surface area contributed by atoms with Crippen LogP contribution in [0.3, 0.4) is 0 Å². The van der Waals surface area contributed by atoms with Gasteiger partial charge in [-0.3, -0.25) is 0 Å². The Morgan fingerprint density at radius 3 is 2.73 bits per heavy atom. The quantitative estimate of drug-likeness (QED) is 0.550. The van der Waals surface area contributed by atoms with Gasteiger partial charge in [0, 0.05) is 0 Å². The number of rotatable bonds is 0. The smallest absolute Gasteiger partial charge is 0.255 e. The second kappa shape index (κ2) is 1.88. The first-order valence-corrected chi connectivity index (χ1v) is 3.15. The highest BCUT2D eigenvalue weighted by Crippen LogP contribution is 2.21. The van der Waals surface area contributed by atoms with E-state index in [-0.39, 0.29) is 5.88 Å². The molecule has 1 aromatic heterocycles. The standard InChI is InChI=1S/C7H6N2O2/c10-7-5-3-1-2-4-6(5)8-9(7)11/h1-4,10-11H. The van der Waals surface area contributed by atoms with Crippen molar-refractivity contribution in [2.75, 3.05) is 0 Å². The van der Waals surface area contributed by atoms with Crippen molar-refractivity contribution < 1.29 is 10.3 Å². The van der Waals surface area contributed by atoms with Crippen molar-refractivity contribution in [3.8, 4) is 5.88 Å². The molecule has 4 nitrogen and oxygen atoms in total. The lowest BCUT2D eigenvalue weighted by Gasteiger charge is -1.87. The molecule has 56 valence electrons. The fourth-order valence-electron chi connectivity index (χ4n) is 1.01. The summed E-state index contributed by atoms with van der Waals surface area (Å²) in [7, 11) is 0. The van der Waals surface area contributed by atoms with Gasteiger partial charge < -0.3 is 10.3 Å². The van der Waals surface area contributed by atoms with Crippen molar-refractivity contribution in [1.82, 2.24) is 9.94 Å². The van der Waals surface area contributed by atoms with E-state index >= 15 is 0 Å². The van der Waals surface area contributed by atoms with Crippen molar-refractivity contribution in [3.63, 3.8) is 0 Å². The van der Waals surface area contributed by atoms with Crippen LogP contribution in [0.2, 0.25) is 0 Å². The van der Waals surface area contributed by atoms with Crippen molar-refractivity contribution >= 4 is 10.9 Å². The highest BCUT2D eigenvalue weighted by molar-refractivity contribution is 5.83. The molecule has 0 fully saturated rings. The molecule has 11 heavy (non-hydrogen) atoms. The minimum atomic E-state index is -0.222. The Kier molecular flexibility index (Phi) is 1.03. The molecule has 0 aliphatic heterocycles. The molecule has 0 saturated heterocycles. The zero-order valence-corrected chi connectivity index (χ0v) is 5.60. The zero-order valence-electron chi connectivity index (χ0n) is 5.60. The molecular formula is C7H6N2O2. The molecule has 0 radical (unpaired) electrons. The molecule has 1 aromatic carbocycles. The van der Waals surface area contributed by atoms with E-state index < -0.39 is 0 Å². The van der Waals surface area contributed by atoms with Gasteiger partial charge in [-0.05, 0) is 12.1 Å². The van der Waals surface area contributed by atoms with Crippen LogP contribution in [0.4, 0.5) is 0 Å². The number of aromatic hydroxyl groups is 1. The number of fused-ring (bicyclic) bond motifs is 1. The lowest BCUT2D eigenvalue weighted by molar-refractivity contribution is 0.124. The summed E-state index contributed by atoms with van der Waals surface area (Å²) in [5.74, 6) is -0.222. The van der Waals surface area contributed by atoms with Gasteiger partial charge in [0.1, 0.15) is 0 Å². The lowest BCUT2D eigenvalue weighted by Crippen LogP contribution is -1.89. The Bertz CT molecular complexity index is 394. The molecule has 2 N–H and O–H groups in total. The molecule has 0 saturated carbocycles. The maximum Gasteiger partial charge on any atom is 0.255 e. The van der Waals surface area contributed by atoms with Gasteiger partial charge in [0.2, 0.25) is 0 Å². The summed E-state index contributed by atoms with van der Waals surface area (Å²) in [6.07, 6.45) is 0. The van der Waals surface area contributed by atoms with Gasteiger partial charge in [-0.2, -0.15) is 0 Å². The maximum absolute atomic E-state index is 9.15. The largest absolute Gasteiger partial charge is 0.491 e. The van der Waals surface area contributed by atoms with Gasteiger partial charge in [-0.15, -0.1) is 5.10 Å². The van der Waals surface area contributed by atoms with Crippen LogP contribution in [0.25, 0.3) is 10.9 Å². The van der Waals surface area contributed by atoms with Crippen LogP contribution >= 0.6 is 0 Å². The summed E-state index contributed by atoms with van der Waals surface area (Å²) < 4.78 is 0. The van der Waals surface area contributed by atoms with Gasteiger partial charge in [0.25, 0.3) is 5.88 Å². The third-order valence-corrected chi connectivity index (χ3v) is 1.54. The van der Waals surface area contributed by atoms with Crippen LogP contribution in [0, 0.1) is 0 Å². The second-order valence-electron chi connectivity index (χ2n) is 2.23. The Morgan fingerprint density at radius 2 is 2.00 bits per heavy atom. The van der Waals surface area contributed by atoms with E-state index in [0.717, 1.165) is 0 Å². The molecule has 0 aliphatic rings. The fourth-order valence-corrected chi connectivity index (χ4v) is 1.01. The summed E-state index contributed by atoms with van der Waals surface area (Å²) in [5, 5.41) is 22.2. The third kappa shape index (κ3) is 0.724. The van der Waals surface area contributed by atoms with Crippen molar-refractivity contribution in [3.05, 3.63) is 24.3 Å². The highest BCUT2D eigenvalue weighted by Gasteiger charge is 2.06. The Balaban J connectivity index is 2.92. The first-order valence-electron chi connectivity index (χ1n) is 3.15. The van der Waals surface area contributed by atoms with Crippen LogP contribution in [-0.2, 0) is 0 Å². The van der Waals surface area contributed by atoms with Crippen LogP contribution in [0.15, 0.2) is 24.3 Å². The number of hydrogen-bond donors (Lipinski definition) is 2. The van der Waals surface area contributed by atoms with E-state index in [1.807, 2.05) is 0 Å². The van der Waals surface area contributed by atoms with Crippen LogP contribution in [0.5, 0.6) is 5.88 Å². The Morgan fingerprint density at radius 1 is 1.27 bits per heavy atom. The lowest BCUT2D eigenvalue weighted by atomic mass is 10.2. The van der Waals surface area contributed by atoms with E-state index in [2.05, 4.69) is 5.10 Å². The van der Waals surface area contributed by atoms with Crippen LogP contribution in [0.1, 0.15) is 0 Å². The fraction of sp³-hybridized carbons (Fsp3) is 0. The highest BCUT2D eigenvalue weighted by atomic mass is 16.5. The van der Waals surface area contributed by atoms with E-state index in [1.54, 1.807) is 24.3 Å². The van der Waals surface area contributed by atoms with Crippen LogP contribution < -0.4 is 0 Å². The molecule has 1 heterocycles. The van der Waals surface area contributed by atoms with E-state index in [0.29, 0.717) is 15.7 Å². The monoisotopic (exact) mass is 150 g/mol. The number of nitrogens with zero attached hydrogens (tertiary/aromatic N) is 2. The normalized spacial score (nSPS) is 10.5. The van der Waals surface area contributed by atoms with Crippen molar-refractivity contribution in [1.29, 1.82) is 0 Å². The molecule has 0 aliphatic carbocycles. The molecule has 0 amide bonds. The Hall–Kier alpha value is -1.71. The summed E-state index contributed by atoms with van der Waals surface area (Å²) in [6.45, 7) is 0. The summed E-state index contributed by atoms with van der Waals surface area (Å²) in [6, 6.07) is 6.95. The molecule has 0 bridgehead atoms. The van der Waals surface area contributed by atoms with Gasteiger partial charge >= 0.3 is 0 Å². The van der Waals surface area contributed by atoms with Gasteiger partial charge in [0.05, 0.1) is 10.9 Å². The summed E-state index contributed by atoms with van der Waals surface area (Å²) in [5.41, 5.74) is 0.576. The molecule has 2 aromatic rings. The Labute approximate surface area is 62.3 Å². The first-order chi connectivity index (χ1) is 5.29.